The van der Waals surface area contributed by atoms with Gasteiger partial charge in [-0.2, -0.15) is 0 Å². The lowest BCUT2D eigenvalue weighted by Gasteiger charge is -2.22. The number of nitrogens with one attached hydrogen (secondary N) is 2. The molecular formula is C8H13N3O. The summed E-state index contributed by atoms with van der Waals surface area (Å²) in [5, 5.41) is 3.29. The van der Waals surface area contributed by atoms with Gasteiger partial charge in [0.2, 0.25) is 5.88 Å². The second kappa shape index (κ2) is 3.58. The van der Waals surface area contributed by atoms with Crippen molar-refractivity contribution < 1.29 is 4.74 Å². The van der Waals surface area contributed by atoms with Crippen LogP contribution in [0.25, 0.3) is 0 Å². The first kappa shape index (κ1) is 7.61. The molecule has 2 heterocycles. The minimum atomic E-state index is 0.353. The first-order chi connectivity index (χ1) is 5.95. The van der Waals surface area contributed by atoms with E-state index in [-0.39, 0.29) is 0 Å². The zero-order valence-corrected chi connectivity index (χ0v) is 6.92. The third-order valence-electron chi connectivity index (χ3n) is 2.05. The summed E-state index contributed by atoms with van der Waals surface area (Å²) in [5.41, 5.74) is 0. The molecule has 1 aromatic heterocycles. The van der Waals surface area contributed by atoms with Gasteiger partial charge in [-0.25, -0.2) is 4.98 Å². The molecule has 0 spiro atoms. The second-order valence-corrected chi connectivity index (χ2v) is 2.98. The first-order valence-corrected chi connectivity index (χ1v) is 4.31. The quantitative estimate of drug-likeness (QED) is 0.676. The number of rotatable bonds is 2. The van der Waals surface area contributed by atoms with Gasteiger partial charge in [0.25, 0.3) is 0 Å². The van der Waals surface area contributed by atoms with Crippen LogP contribution in [0.2, 0.25) is 0 Å². The topological polar surface area (TPSA) is 49.9 Å². The molecule has 1 aromatic rings. The Morgan fingerprint density at radius 1 is 1.42 bits per heavy atom. The van der Waals surface area contributed by atoms with Crippen LogP contribution in [0.5, 0.6) is 5.88 Å². The molecule has 66 valence electrons. The van der Waals surface area contributed by atoms with E-state index in [4.69, 9.17) is 4.74 Å². The molecule has 12 heavy (non-hydrogen) atoms. The summed E-state index contributed by atoms with van der Waals surface area (Å²) in [6.45, 7) is 2.11. The lowest BCUT2D eigenvalue weighted by atomic mass is 10.1. The van der Waals surface area contributed by atoms with Gasteiger partial charge in [-0.15, -0.1) is 0 Å². The molecule has 0 bridgehead atoms. The Balaban J connectivity index is 1.86. The number of aromatic amines is 1. The number of piperidine rings is 1. The Labute approximate surface area is 71.3 Å². The smallest absolute Gasteiger partial charge is 0.211 e. The Morgan fingerprint density at radius 2 is 2.25 bits per heavy atom. The number of ether oxygens (including phenoxy) is 1. The molecular weight excluding hydrogens is 154 g/mol. The lowest BCUT2D eigenvalue weighted by molar-refractivity contribution is 0.156. The van der Waals surface area contributed by atoms with E-state index in [0.29, 0.717) is 6.10 Å². The van der Waals surface area contributed by atoms with Gasteiger partial charge in [-0.05, 0) is 25.9 Å². The summed E-state index contributed by atoms with van der Waals surface area (Å²) in [6.07, 6.45) is 5.86. The second-order valence-electron chi connectivity index (χ2n) is 2.98. The van der Waals surface area contributed by atoms with E-state index in [1.54, 1.807) is 12.5 Å². The maximum Gasteiger partial charge on any atom is 0.211 e. The Hall–Kier alpha value is -1.03. The fourth-order valence-electron chi connectivity index (χ4n) is 1.40. The predicted octanol–water partition coefficient (Wildman–Crippen LogP) is 0.541. The van der Waals surface area contributed by atoms with Crippen LogP contribution < -0.4 is 10.1 Å². The fourth-order valence-corrected chi connectivity index (χ4v) is 1.40. The first-order valence-electron chi connectivity index (χ1n) is 4.31. The van der Waals surface area contributed by atoms with Crippen LogP contribution in [-0.2, 0) is 0 Å². The molecule has 2 rings (SSSR count). The molecule has 1 fully saturated rings. The molecule has 4 heteroatoms. The van der Waals surface area contributed by atoms with Gasteiger partial charge in [0.15, 0.2) is 0 Å². The van der Waals surface area contributed by atoms with Crippen molar-refractivity contribution in [1.82, 2.24) is 15.3 Å². The van der Waals surface area contributed by atoms with Crippen LogP contribution in [0.4, 0.5) is 0 Å². The van der Waals surface area contributed by atoms with Crippen molar-refractivity contribution >= 4 is 0 Å². The highest BCUT2D eigenvalue weighted by atomic mass is 16.5. The van der Waals surface area contributed by atoms with Crippen molar-refractivity contribution in [2.24, 2.45) is 0 Å². The molecule has 2 N–H and O–H groups in total. The summed E-state index contributed by atoms with van der Waals surface area (Å²) in [7, 11) is 0. The largest absolute Gasteiger partial charge is 0.474 e. The molecule has 0 atom stereocenters. The summed E-state index contributed by atoms with van der Waals surface area (Å²) < 4.78 is 5.64. The van der Waals surface area contributed by atoms with Gasteiger partial charge in [0, 0.05) is 0 Å². The lowest BCUT2D eigenvalue weighted by Crippen LogP contribution is -2.34. The summed E-state index contributed by atoms with van der Waals surface area (Å²) in [4.78, 5) is 6.82. The average molecular weight is 167 g/mol. The van der Waals surface area contributed by atoms with Gasteiger partial charge in [-0.1, -0.05) is 0 Å². The van der Waals surface area contributed by atoms with Crippen LogP contribution in [0.15, 0.2) is 12.5 Å². The molecule has 0 aliphatic carbocycles. The summed E-state index contributed by atoms with van der Waals surface area (Å²) >= 11 is 0. The highest BCUT2D eigenvalue weighted by Crippen LogP contribution is 2.11. The molecule has 1 saturated heterocycles. The number of aromatic nitrogens is 2. The Kier molecular flexibility index (Phi) is 2.27. The maximum absolute atomic E-state index is 5.64. The monoisotopic (exact) mass is 167 g/mol. The van der Waals surface area contributed by atoms with Crippen molar-refractivity contribution in [2.75, 3.05) is 13.1 Å². The standard InChI is InChI=1S/C8H13N3O/c1-3-9-4-2-7(1)12-8-5-10-6-11-8/h5-7,9H,1-4H2,(H,10,11). The third kappa shape index (κ3) is 1.76. The molecule has 1 aliphatic rings. The van der Waals surface area contributed by atoms with E-state index >= 15 is 0 Å². The van der Waals surface area contributed by atoms with E-state index in [2.05, 4.69) is 15.3 Å². The van der Waals surface area contributed by atoms with E-state index in [9.17, 15) is 0 Å². The third-order valence-corrected chi connectivity index (χ3v) is 2.05. The number of imidazole rings is 1. The Morgan fingerprint density at radius 3 is 2.92 bits per heavy atom. The van der Waals surface area contributed by atoms with Gasteiger partial charge in [0.1, 0.15) is 6.10 Å². The normalized spacial score (nSPS) is 19.3. The maximum atomic E-state index is 5.64. The highest BCUT2D eigenvalue weighted by Gasteiger charge is 2.14. The van der Waals surface area contributed by atoms with E-state index in [1.807, 2.05) is 0 Å². The van der Waals surface area contributed by atoms with Crippen LogP contribution in [-0.4, -0.2) is 29.2 Å². The highest BCUT2D eigenvalue weighted by molar-refractivity contribution is 5.02. The fraction of sp³-hybridized carbons (Fsp3) is 0.625. The van der Waals surface area contributed by atoms with Crippen molar-refractivity contribution in [3.8, 4) is 5.88 Å². The SMILES string of the molecule is c1ncc(OC2CCNCC2)[nH]1. The van der Waals surface area contributed by atoms with Crippen molar-refractivity contribution in [3.63, 3.8) is 0 Å². The predicted molar refractivity (Wildman–Crippen MR) is 45.1 cm³/mol. The van der Waals surface area contributed by atoms with Gasteiger partial charge in [-0.3, -0.25) is 0 Å². The van der Waals surface area contributed by atoms with Crippen LogP contribution in [0.1, 0.15) is 12.8 Å². The van der Waals surface area contributed by atoms with Crippen LogP contribution in [0, 0.1) is 0 Å². The van der Waals surface area contributed by atoms with Crippen molar-refractivity contribution in [1.29, 1.82) is 0 Å². The van der Waals surface area contributed by atoms with Crippen LogP contribution >= 0.6 is 0 Å². The Bertz CT molecular complexity index is 216. The molecule has 4 nitrogen and oxygen atoms in total. The zero-order valence-electron chi connectivity index (χ0n) is 6.92. The van der Waals surface area contributed by atoms with E-state index in [0.717, 1.165) is 31.8 Å². The van der Waals surface area contributed by atoms with E-state index in [1.165, 1.54) is 0 Å². The van der Waals surface area contributed by atoms with Gasteiger partial charge in [0.05, 0.1) is 12.5 Å². The number of hydrogen-bond acceptors (Lipinski definition) is 3. The van der Waals surface area contributed by atoms with Crippen molar-refractivity contribution in [3.05, 3.63) is 12.5 Å². The number of nitrogens with zero attached hydrogens (tertiary/aromatic N) is 1. The molecule has 0 unspecified atom stereocenters. The average Bonchev–Trinajstić information content (AvgIpc) is 2.59. The molecule has 0 amide bonds. The van der Waals surface area contributed by atoms with Gasteiger partial charge >= 0.3 is 0 Å². The summed E-state index contributed by atoms with van der Waals surface area (Å²) in [6, 6.07) is 0. The van der Waals surface area contributed by atoms with Crippen LogP contribution in [0.3, 0.4) is 0 Å². The zero-order chi connectivity index (χ0) is 8.23. The number of hydrogen-bond donors (Lipinski definition) is 2. The minimum absolute atomic E-state index is 0.353. The number of H-pyrrole nitrogens is 1. The molecule has 0 aromatic carbocycles. The molecule has 1 aliphatic heterocycles. The molecule has 0 saturated carbocycles. The van der Waals surface area contributed by atoms with E-state index < -0.39 is 0 Å². The van der Waals surface area contributed by atoms with Gasteiger partial charge < -0.3 is 15.0 Å². The molecule has 0 radical (unpaired) electrons. The van der Waals surface area contributed by atoms with Crippen molar-refractivity contribution in [2.45, 2.75) is 18.9 Å². The summed E-state index contributed by atoms with van der Waals surface area (Å²) in [5.74, 6) is 0.780. The minimum Gasteiger partial charge on any atom is -0.474 e.